The number of aryl methyl sites for hydroxylation is 6. The molecule has 19 heteroatoms. The highest BCUT2D eigenvalue weighted by Crippen LogP contribution is 2.28. The summed E-state index contributed by atoms with van der Waals surface area (Å²) in [5, 5.41) is 0. The molecule has 7 nitrogen and oxygen atoms in total. The number of hydrogen-bond acceptors (Lipinski definition) is 19. The van der Waals surface area contributed by atoms with E-state index in [1.54, 1.807) is 0 Å². The molecule has 0 spiro atoms. The molecule has 0 aromatic heterocycles. The van der Waals surface area contributed by atoms with Gasteiger partial charge in [-0.15, -0.1) is 0 Å². The minimum atomic E-state index is 0.698. The van der Waals surface area contributed by atoms with E-state index in [0.717, 1.165) is 245 Å². The zero-order valence-electron chi connectivity index (χ0n) is 59.2. The number of unbranched alkanes of at least 4 members (excludes halogenated alkanes) is 2. The number of ether oxygens (including phenoxy) is 7. The average molecular weight is 1590 g/mol. The molecule has 556 valence electrons. The summed E-state index contributed by atoms with van der Waals surface area (Å²) in [6.45, 7) is 7.20. The van der Waals surface area contributed by atoms with Crippen LogP contribution in [0.25, 0.3) is 11.1 Å². The van der Waals surface area contributed by atoms with E-state index >= 15 is 0 Å². The maximum atomic E-state index is 5.86. The fraction of sp³-hybridized carbons (Fsp3) is 0.481. The summed E-state index contributed by atoms with van der Waals surface area (Å²) in [7, 11) is 0. The molecular formula is C81H118O7S12. The van der Waals surface area contributed by atoms with E-state index in [0.29, 0.717) is 19.8 Å². The molecule has 0 aliphatic rings. The molecule has 100 heavy (non-hydrogen) atoms. The van der Waals surface area contributed by atoms with Crippen molar-refractivity contribution in [3.05, 3.63) is 197 Å². The summed E-state index contributed by atoms with van der Waals surface area (Å²) < 4.78 is 39.5. The highest BCUT2D eigenvalue weighted by Gasteiger charge is 2.07. The molecule has 0 N–H and O–H groups in total. The van der Waals surface area contributed by atoms with Crippen molar-refractivity contribution in [2.75, 3.05) is 115 Å². The molecule has 7 aromatic rings. The quantitative estimate of drug-likeness (QED) is 0.0137. The zero-order valence-corrected chi connectivity index (χ0v) is 69.9. The Morgan fingerprint density at radius 3 is 0.850 bits per heavy atom. The molecule has 0 unspecified atom stereocenters. The Bertz CT molecular complexity index is 2950. The summed E-state index contributed by atoms with van der Waals surface area (Å²) in [4.78, 5) is 0. The molecule has 0 atom stereocenters. The average Bonchev–Trinajstić information content (AvgIpc) is 0.854. The second-order valence-electron chi connectivity index (χ2n) is 23.1. The monoisotopic (exact) mass is 1590 g/mol. The first-order chi connectivity index (χ1) is 49.0. The van der Waals surface area contributed by atoms with Crippen LogP contribution in [0.5, 0.6) is 40.2 Å². The lowest BCUT2D eigenvalue weighted by molar-refractivity contribution is 0.294. The molecule has 7 rings (SSSR count). The van der Waals surface area contributed by atoms with Gasteiger partial charge in [-0.2, -0.15) is 152 Å². The maximum absolute atomic E-state index is 5.86. The van der Waals surface area contributed by atoms with Crippen LogP contribution in [0.3, 0.4) is 0 Å². The van der Waals surface area contributed by atoms with E-state index in [1.165, 1.54) is 57.3 Å². The van der Waals surface area contributed by atoms with Crippen LogP contribution in [-0.2, 0) is 32.1 Å². The van der Waals surface area contributed by atoms with Crippen LogP contribution in [-0.4, -0.2) is 115 Å². The van der Waals surface area contributed by atoms with Crippen molar-refractivity contribution < 1.29 is 33.2 Å². The Kier molecular flexibility index (Phi) is 62.6. The Morgan fingerprint density at radius 1 is 0.200 bits per heavy atom. The van der Waals surface area contributed by atoms with Gasteiger partial charge in [0.25, 0.3) is 0 Å². The van der Waals surface area contributed by atoms with Crippen LogP contribution >= 0.6 is 152 Å². The molecule has 7 aromatic carbocycles. The summed E-state index contributed by atoms with van der Waals surface area (Å²) in [5.74, 6) is 17.2. The first kappa shape index (κ1) is 93.4. The second-order valence-corrected chi connectivity index (χ2v) is 28.5. The molecule has 0 heterocycles. The van der Waals surface area contributed by atoms with Gasteiger partial charge in [0.15, 0.2) is 0 Å². The standard InChI is InChI=1S/C18H22OS2.C14H22O2S2.C13H20OS2.C12H18O2S2.C12H18OS2.C12H18S2/c20-10-4-6-15-12-17(16-7-2-1-3-8-16)14-18(13-15)19-9-5-11-21;17-10-3-1-8-15-13-6-5-7-14(12-13)16-9-2-4-11-18;1-11-8-12(4-2-6-15)10-13(9-11)14-5-3-7-16;15-8-2-6-13-11-4-1-5-12(10-11)14-7-3-9-16;14-8-2-5-11-4-1-6-12(10-11)13-7-3-9-15;13-8-2-6-11-4-1-5-12(10-11)7-3-9-14/h1-3,7-8,12-14,20-21H,4-6,9-11H2;5-7,12,17-18H,1-4,8-11H2;8-10,15-16H,2-7H2,1H3;1,4-5,10,15-16H,2-3,6-9H2;1,4,6,10,14-15H,2-3,5,7-9H2;1,4-5,10,13-14H,2-3,6-9H2. The molecule has 0 aliphatic carbocycles. The van der Waals surface area contributed by atoms with E-state index in [2.05, 4.69) is 256 Å². The predicted octanol–water partition coefficient (Wildman–Crippen LogP) is 22.1. The van der Waals surface area contributed by atoms with Crippen LogP contribution in [0.15, 0.2) is 164 Å². The number of benzene rings is 7. The van der Waals surface area contributed by atoms with Gasteiger partial charge < -0.3 is 33.2 Å². The van der Waals surface area contributed by atoms with Crippen molar-refractivity contribution in [1.82, 2.24) is 0 Å². The molecule has 0 bridgehead atoms. The Labute approximate surface area is 671 Å². The Morgan fingerprint density at radius 2 is 0.480 bits per heavy atom. The van der Waals surface area contributed by atoms with E-state index in [-0.39, 0.29) is 0 Å². The van der Waals surface area contributed by atoms with Crippen LogP contribution in [0, 0.1) is 6.92 Å². The molecule has 0 radical (unpaired) electrons. The third-order valence-electron chi connectivity index (χ3n) is 14.3. The number of thiol groups is 12. The highest BCUT2D eigenvalue weighted by atomic mass is 32.1. The van der Waals surface area contributed by atoms with Crippen molar-refractivity contribution in [1.29, 1.82) is 0 Å². The largest absolute Gasteiger partial charge is 0.494 e. The SMILES string of the molecule is Cc1cc(CCCS)cc(OCCCS)c1.SCCCCOc1cccc(OCCCCS)c1.SCCCOc1cc(CCCS)cc(-c2ccccc2)c1.SCCCOc1cccc(CCCS)c1.SCCCOc1cccc(OCCCS)c1.SCCCc1cccc(CCCS)c1. The van der Waals surface area contributed by atoms with Crippen molar-refractivity contribution >= 4 is 152 Å². The third kappa shape index (κ3) is 49.9. The maximum Gasteiger partial charge on any atom is 0.122 e. The van der Waals surface area contributed by atoms with Crippen molar-refractivity contribution in [2.45, 2.75) is 129 Å². The molecule has 0 saturated heterocycles. The minimum Gasteiger partial charge on any atom is -0.494 e. The van der Waals surface area contributed by atoms with Gasteiger partial charge in [0.2, 0.25) is 0 Å². The normalized spacial score (nSPS) is 10.4. The van der Waals surface area contributed by atoms with E-state index in [4.69, 9.17) is 33.2 Å². The second kappa shape index (κ2) is 67.0. The lowest BCUT2D eigenvalue weighted by Crippen LogP contribution is -2.00. The molecular weight excluding hydrogens is 1470 g/mol. The van der Waals surface area contributed by atoms with Gasteiger partial charge in [-0.05, 0) is 303 Å². The Balaban J connectivity index is 0.000000410. The zero-order chi connectivity index (χ0) is 72.6. The van der Waals surface area contributed by atoms with Gasteiger partial charge >= 0.3 is 0 Å². The molecule has 0 aliphatic heterocycles. The van der Waals surface area contributed by atoms with Gasteiger partial charge in [0, 0.05) is 12.1 Å². The summed E-state index contributed by atoms with van der Waals surface area (Å²) in [5.41, 5.74) is 10.6. The van der Waals surface area contributed by atoms with Crippen LogP contribution in [0.2, 0.25) is 0 Å². The summed E-state index contributed by atoms with van der Waals surface area (Å²) in [6, 6.07) is 56.1. The summed E-state index contributed by atoms with van der Waals surface area (Å²) >= 11 is 50.3. The molecule has 0 saturated carbocycles. The van der Waals surface area contributed by atoms with Crippen molar-refractivity contribution in [2.24, 2.45) is 0 Å². The van der Waals surface area contributed by atoms with Crippen LogP contribution in [0.4, 0.5) is 0 Å². The van der Waals surface area contributed by atoms with Crippen molar-refractivity contribution in [3.8, 4) is 51.4 Å². The molecule has 0 amide bonds. The lowest BCUT2D eigenvalue weighted by Gasteiger charge is -2.11. The smallest absolute Gasteiger partial charge is 0.122 e. The van der Waals surface area contributed by atoms with Gasteiger partial charge in [-0.25, -0.2) is 0 Å². The lowest BCUT2D eigenvalue weighted by atomic mass is 10.0. The Hall–Kier alpha value is -2.66. The van der Waals surface area contributed by atoms with Gasteiger partial charge in [-0.1, -0.05) is 91.0 Å². The fourth-order valence-electron chi connectivity index (χ4n) is 9.27. The molecule has 0 fully saturated rings. The van der Waals surface area contributed by atoms with E-state index in [1.807, 2.05) is 66.7 Å². The minimum absolute atomic E-state index is 0.698. The first-order valence-electron chi connectivity index (χ1n) is 35.4. The summed E-state index contributed by atoms with van der Waals surface area (Å²) in [6.07, 6.45) is 20.2. The van der Waals surface area contributed by atoms with Gasteiger partial charge in [0.05, 0.1) is 46.2 Å². The number of rotatable bonds is 46. The van der Waals surface area contributed by atoms with E-state index < -0.39 is 0 Å². The fourth-order valence-corrected chi connectivity index (χ4v) is 11.2. The van der Waals surface area contributed by atoms with Gasteiger partial charge in [0.1, 0.15) is 40.2 Å². The van der Waals surface area contributed by atoms with E-state index in [9.17, 15) is 0 Å². The highest BCUT2D eigenvalue weighted by molar-refractivity contribution is 7.81. The topological polar surface area (TPSA) is 64.6 Å². The van der Waals surface area contributed by atoms with Crippen LogP contribution in [0.1, 0.15) is 123 Å². The number of hydrogen-bond donors (Lipinski definition) is 12. The van der Waals surface area contributed by atoms with Crippen molar-refractivity contribution in [3.63, 3.8) is 0 Å². The van der Waals surface area contributed by atoms with Crippen LogP contribution < -0.4 is 33.2 Å². The third-order valence-corrected chi connectivity index (χ3v) is 18.1. The predicted molar refractivity (Wildman–Crippen MR) is 477 cm³/mol. The van der Waals surface area contributed by atoms with Gasteiger partial charge in [-0.3, -0.25) is 0 Å². The first-order valence-corrected chi connectivity index (χ1v) is 43.0.